The average Bonchev–Trinajstić information content (AvgIpc) is 3.40. The van der Waals surface area contributed by atoms with Crippen molar-refractivity contribution in [1.82, 2.24) is 14.1 Å². The molecule has 0 saturated heterocycles. The van der Waals surface area contributed by atoms with Gasteiger partial charge in [-0.1, -0.05) is 78.9 Å². The standard InChI is InChI=1S/C27H24N4O4S/c28-26(33)25(32)22(15-18-8-3-1-4-9-18)29-27(34)24-23(30-36-31-24)21-13-7-12-20(14-21)17-35-16-19-10-5-2-6-11-19/h1-14,22H,15-17H2,(H2,28,33)(H,29,34). The second kappa shape index (κ2) is 12.0. The smallest absolute Gasteiger partial charge is 0.287 e. The van der Waals surface area contributed by atoms with Gasteiger partial charge in [-0.15, -0.1) is 0 Å². The van der Waals surface area contributed by atoms with Crippen LogP contribution in [0.25, 0.3) is 11.3 Å². The minimum Gasteiger partial charge on any atom is -0.372 e. The summed E-state index contributed by atoms with van der Waals surface area (Å²) < 4.78 is 14.3. The molecule has 1 unspecified atom stereocenters. The lowest BCUT2D eigenvalue weighted by atomic mass is 10.0. The molecule has 0 spiro atoms. The average molecular weight is 501 g/mol. The zero-order chi connectivity index (χ0) is 25.3. The number of carbonyl (C=O) groups excluding carboxylic acids is 3. The maximum Gasteiger partial charge on any atom is 0.287 e. The Bertz CT molecular complexity index is 1340. The molecule has 0 fully saturated rings. The first-order valence-corrected chi connectivity index (χ1v) is 12.0. The van der Waals surface area contributed by atoms with E-state index < -0.39 is 23.6 Å². The molecule has 8 nitrogen and oxygen atoms in total. The maximum atomic E-state index is 13.1. The number of nitrogens with zero attached hydrogens (tertiary/aromatic N) is 2. The number of hydrogen-bond acceptors (Lipinski definition) is 7. The van der Waals surface area contributed by atoms with E-state index in [4.69, 9.17) is 10.5 Å². The molecule has 2 amide bonds. The van der Waals surface area contributed by atoms with Gasteiger partial charge in [0, 0.05) is 12.0 Å². The zero-order valence-corrected chi connectivity index (χ0v) is 20.1. The van der Waals surface area contributed by atoms with Gasteiger partial charge < -0.3 is 15.8 Å². The van der Waals surface area contributed by atoms with E-state index in [2.05, 4.69) is 14.1 Å². The highest BCUT2D eigenvalue weighted by molar-refractivity contribution is 6.99. The van der Waals surface area contributed by atoms with Crippen molar-refractivity contribution >= 4 is 29.3 Å². The van der Waals surface area contributed by atoms with E-state index in [1.807, 2.05) is 72.8 Å². The minimum absolute atomic E-state index is 0.0673. The van der Waals surface area contributed by atoms with Crippen LogP contribution in [0.1, 0.15) is 27.2 Å². The summed E-state index contributed by atoms with van der Waals surface area (Å²) in [5.74, 6) is -2.61. The lowest BCUT2D eigenvalue weighted by molar-refractivity contribution is -0.137. The maximum absolute atomic E-state index is 13.1. The molecule has 182 valence electrons. The molecule has 4 aromatic rings. The third-order valence-electron chi connectivity index (χ3n) is 5.43. The van der Waals surface area contributed by atoms with Crippen LogP contribution in [0.3, 0.4) is 0 Å². The van der Waals surface area contributed by atoms with Crippen molar-refractivity contribution < 1.29 is 19.1 Å². The van der Waals surface area contributed by atoms with Crippen LogP contribution in [0.5, 0.6) is 0 Å². The molecule has 4 rings (SSSR count). The van der Waals surface area contributed by atoms with Gasteiger partial charge >= 0.3 is 0 Å². The van der Waals surface area contributed by atoms with Crippen molar-refractivity contribution in [2.45, 2.75) is 25.7 Å². The van der Waals surface area contributed by atoms with Crippen molar-refractivity contribution in [3.63, 3.8) is 0 Å². The number of aromatic nitrogens is 2. The Labute approximate surface area is 212 Å². The quantitative estimate of drug-likeness (QED) is 0.305. The predicted molar refractivity (Wildman–Crippen MR) is 136 cm³/mol. The Hall–Kier alpha value is -4.21. The van der Waals surface area contributed by atoms with Crippen LogP contribution >= 0.6 is 11.7 Å². The van der Waals surface area contributed by atoms with Crippen molar-refractivity contribution in [1.29, 1.82) is 0 Å². The molecule has 0 aliphatic carbocycles. The second-order valence-corrected chi connectivity index (χ2v) is 8.61. The van der Waals surface area contributed by atoms with Crippen LogP contribution < -0.4 is 11.1 Å². The van der Waals surface area contributed by atoms with E-state index in [-0.39, 0.29) is 12.1 Å². The van der Waals surface area contributed by atoms with E-state index in [9.17, 15) is 14.4 Å². The summed E-state index contributed by atoms with van der Waals surface area (Å²) in [5.41, 5.74) is 9.12. The molecule has 0 bridgehead atoms. The number of nitrogens with one attached hydrogen (secondary N) is 1. The molecule has 1 atom stereocenters. The summed E-state index contributed by atoms with van der Waals surface area (Å²) in [5, 5.41) is 2.62. The minimum atomic E-state index is -1.12. The summed E-state index contributed by atoms with van der Waals surface area (Å²) in [6.07, 6.45) is 0.121. The van der Waals surface area contributed by atoms with Crippen molar-refractivity contribution in [3.05, 3.63) is 107 Å². The molecular formula is C27H24N4O4S. The van der Waals surface area contributed by atoms with E-state index in [0.717, 1.165) is 28.4 Å². The monoisotopic (exact) mass is 500 g/mol. The van der Waals surface area contributed by atoms with Gasteiger partial charge in [0.15, 0.2) is 5.69 Å². The van der Waals surface area contributed by atoms with E-state index in [0.29, 0.717) is 24.5 Å². The number of amides is 2. The van der Waals surface area contributed by atoms with E-state index in [1.54, 1.807) is 12.1 Å². The SMILES string of the molecule is NC(=O)C(=O)C(Cc1ccccc1)NC(=O)c1nsnc1-c1cccc(COCc2ccccc2)c1. The molecule has 9 heteroatoms. The van der Waals surface area contributed by atoms with Gasteiger partial charge in [-0.05, 0) is 22.8 Å². The van der Waals surface area contributed by atoms with Gasteiger partial charge in [0.1, 0.15) is 11.7 Å². The first kappa shape index (κ1) is 24.9. The highest BCUT2D eigenvalue weighted by atomic mass is 32.1. The van der Waals surface area contributed by atoms with Gasteiger partial charge in [-0.2, -0.15) is 8.75 Å². The zero-order valence-electron chi connectivity index (χ0n) is 19.3. The predicted octanol–water partition coefficient (Wildman–Crippen LogP) is 3.32. The number of nitrogens with two attached hydrogens (primary N) is 1. The molecule has 3 N–H and O–H groups in total. The highest BCUT2D eigenvalue weighted by Crippen LogP contribution is 2.24. The Morgan fingerprint density at radius 1 is 0.833 bits per heavy atom. The van der Waals surface area contributed by atoms with Crippen LogP contribution in [-0.4, -0.2) is 32.4 Å². The van der Waals surface area contributed by atoms with Gasteiger partial charge in [-0.3, -0.25) is 14.4 Å². The molecule has 36 heavy (non-hydrogen) atoms. The normalized spacial score (nSPS) is 11.6. The number of ketones is 1. The molecule has 3 aromatic carbocycles. The molecule has 0 aliphatic heterocycles. The number of carbonyl (C=O) groups is 3. The van der Waals surface area contributed by atoms with Gasteiger partial charge in [-0.25, -0.2) is 0 Å². The van der Waals surface area contributed by atoms with Gasteiger partial charge in [0.2, 0.25) is 5.78 Å². The highest BCUT2D eigenvalue weighted by Gasteiger charge is 2.28. The Kier molecular flexibility index (Phi) is 8.28. The Morgan fingerprint density at radius 2 is 1.47 bits per heavy atom. The Morgan fingerprint density at radius 3 is 2.17 bits per heavy atom. The number of hydrogen-bond donors (Lipinski definition) is 2. The molecule has 0 aliphatic rings. The van der Waals surface area contributed by atoms with E-state index in [1.165, 1.54) is 0 Å². The van der Waals surface area contributed by atoms with Crippen molar-refractivity contribution in [2.24, 2.45) is 5.73 Å². The second-order valence-electron chi connectivity index (χ2n) is 8.08. The summed E-state index contributed by atoms with van der Waals surface area (Å²) >= 11 is 0.888. The largest absolute Gasteiger partial charge is 0.372 e. The van der Waals surface area contributed by atoms with Crippen molar-refractivity contribution in [3.8, 4) is 11.3 Å². The molecular weight excluding hydrogens is 476 g/mol. The summed E-state index contributed by atoms with van der Waals surface area (Å²) in [7, 11) is 0. The fourth-order valence-electron chi connectivity index (χ4n) is 3.65. The van der Waals surface area contributed by atoms with Crippen molar-refractivity contribution in [2.75, 3.05) is 0 Å². The van der Waals surface area contributed by atoms with Crippen LogP contribution in [0.15, 0.2) is 84.9 Å². The number of Topliss-reactive ketones (excluding diaryl/α,β-unsaturated/α-hetero) is 1. The van der Waals surface area contributed by atoms with Crippen LogP contribution in [0, 0.1) is 0 Å². The van der Waals surface area contributed by atoms with Crippen LogP contribution in [0.4, 0.5) is 0 Å². The number of benzene rings is 3. The third kappa shape index (κ3) is 6.47. The summed E-state index contributed by atoms with van der Waals surface area (Å²) in [6, 6.07) is 25.3. The molecule has 0 radical (unpaired) electrons. The van der Waals surface area contributed by atoms with Gasteiger partial charge in [0.25, 0.3) is 11.8 Å². The lowest BCUT2D eigenvalue weighted by Crippen LogP contribution is -2.47. The molecule has 1 heterocycles. The van der Waals surface area contributed by atoms with E-state index >= 15 is 0 Å². The molecule has 0 saturated carbocycles. The third-order valence-corrected chi connectivity index (χ3v) is 5.96. The summed E-state index contributed by atoms with van der Waals surface area (Å²) in [4.78, 5) is 37.1. The van der Waals surface area contributed by atoms with Crippen LogP contribution in [-0.2, 0) is 34.0 Å². The first-order valence-electron chi connectivity index (χ1n) is 11.2. The Balaban J connectivity index is 1.48. The fraction of sp³-hybridized carbons (Fsp3) is 0.148. The number of rotatable bonds is 11. The number of primary amides is 1. The van der Waals surface area contributed by atoms with Crippen LogP contribution in [0.2, 0.25) is 0 Å². The summed E-state index contributed by atoms with van der Waals surface area (Å²) in [6.45, 7) is 0.863. The molecule has 1 aromatic heterocycles. The van der Waals surface area contributed by atoms with Gasteiger partial charge in [0.05, 0.1) is 24.9 Å². The first-order chi connectivity index (χ1) is 17.5. The fourth-order valence-corrected chi connectivity index (χ4v) is 4.22. The number of ether oxygens (including phenoxy) is 1. The lowest BCUT2D eigenvalue weighted by Gasteiger charge is -2.16. The topological polar surface area (TPSA) is 124 Å².